The molecule has 0 saturated heterocycles. The average Bonchev–Trinajstić information content (AvgIpc) is 2.55. The fourth-order valence-corrected chi connectivity index (χ4v) is 3.34. The first-order valence-electron chi connectivity index (χ1n) is 7.29. The Balaban J connectivity index is 1.56. The van der Waals surface area contributed by atoms with Gasteiger partial charge < -0.3 is 10.4 Å². The molecule has 2 aromatic carbocycles. The van der Waals surface area contributed by atoms with Gasteiger partial charge in [0.1, 0.15) is 5.75 Å². The summed E-state index contributed by atoms with van der Waals surface area (Å²) >= 11 is 1.37. The van der Waals surface area contributed by atoms with E-state index in [9.17, 15) is 14.7 Å². The smallest absolute Gasteiger partial charge is 0.241 e. The van der Waals surface area contributed by atoms with E-state index in [2.05, 4.69) is 15.8 Å². The highest BCUT2D eigenvalue weighted by molar-refractivity contribution is 8.01. The van der Waals surface area contributed by atoms with Crippen molar-refractivity contribution in [3.8, 4) is 5.75 Å². The van der Waals surface area contributed by atoms with Crippen LogP contribution in [0.4, 0.5) is 5.69 Å². The molecular formula is C17H15N3O3S. The lowest BCUT2D eigenvalue weighted by atomic mass is 10.2. The number of phenols is 1. The highest BCUT2D eigenvalue weighted by atomic mass is 32.2. The Hall–Kier alpha value is -2.80. The van der Waals surface area contributed by atoms with E-state index in [-0.39, 0.29) is 24.0 Å². The number of amides is 2. The molecule has 6 nitrogen and oxygen atoms in total. The van der Waals surface area contributed by atoms with Gasteiger partial charge in [-0.15, -0.1) is 11.8 Å². The van der Waals surface area contributed by atoms with Crippen molar-refractivity contribution in [2.24, 2.45) is 5.10 Å². The highest BCUT2D eigenvalue weighted by Gasteiger charge is 2.28. The van der Waals surface area contributed by atoms with Crippen molar-refractivity contribution in [2.45, 2.75) is 16.6 Å². The SMILES string of the molecule is O=C(C[C@H]1Sc2ccccc2NC1=O)N/N=C\c1cccc(O)c1. The predicted octanol–water partition coefficient (Wildman–Crippen LogP) is 2.35. The van der Waals surface area contributed by atoms with Gasteiger partial charge in [0, 0.05) is 11.3 Å². The van der Waals surface area contributed by atoms with Crippen molar-refractivity contribution in [2.75, 3.05) is 5.32 Å². The molecule has 0 spiro atoms. The van der Waals surface area contributed by atoms with Crippen LogP contribution in [0.15, 0.2) is 58.5 Å². The quantitative estimate of drug-likeness (QED) is 0.588. The molecule has 2 aromatic rings. The molecule has 0 bridgehead atoms. The summed E-state index contributed by atoms with van der Waals surface area (Å²) in [6.07, 6.45) is 1.46. The average molecular weight is 341 g/mol. The van der Waals surface area contributed by atoms with Crippen LogP contribution in [0.3, 0.4) is 0 Å². The largest absolute Gasteiger partial charge is 0.508 e. The van der Waals surface area contributed by atoms with Gasteiger partial charge in [-0.1, -0.05) is 24.3 Å². The highest BCUT2D eigenvalue weighted by Crippen LogP contribution is 2.36. The van der Waals surface area contributed by atoms with Crippen LogP contribution in [0.2, 0.25) is 0 Å². The Morgan fingerprint density at radius 2 is 2.12 bits per heavy atom. The van der Waals surface area contributed by atoms with Crippen molar-refractivity contribution < 1.29 is 14.7 Å². The van der Waals surface area contributed by atoms with E-state index in [0.29, 0.717) is 5.56 Å². The Labute approximate surface area is 143 Å². The monoisotopic (exact) mass is 341 g/mol. The molecule has 0 aliphatic carbocycles. The zero-order valence-corrected chi connectivity index (χ0v) is 13.4. The zero-order valence-electron chi connectivity index (χ0n) is 12.6. The van der Waals surface area contributed by atoms with Crippen molar-refractivity contribution in [1.29, 1.82) is 0 Å². The van der Waals surface area contributed by atoms with Gasteiger partial charge in [-0.05, 0) is 29.8 Å². The van der Waals surface area contributed by atoms with Gasteiger partial charge in [0.15, 0.2) is 0 Å². The van der Waals surface area contributed by atoms with E-state index in [0.717, 1.165) is 10.6 Å². The topological polar surface area (TPSA) is 90.8 Å². The number of thioether (sulfide) groups is 1. The molecule has 3 N–H and O–H groups in total. The van der Waals surface area contributed by atoms with Crippen molar-refractivity contribution >= 4 is 35.5 Å². The number of fused-ring (bicyclic) bond motifs is 1. The second-order valence-electron chi connectivity index (χ2n) is 5.18. The standard InChI is InChI=1S/C17H15N3O3S/c21-12-5-3-4-11(8-12)10-18-20-16(22)9-15-17(23)19-13-6-1-2-7-14(13)24-15/h1-8,10,15,21H,9H2,(H,19,23)(H,20,22)/b18-10-/t15-/m1/s1. The van der Waals surface area contributed by atoms with Crippen LogP contribution in [0, 0.1) is 0 Å². The fraction of sp³-hybridized carbons (Fsp3) is 0.118. The molecule has 7 heteroatoms. The third-order valence-electron chi connectivity index (χ3n) is 3.35. The molecule has 0 aromatic heterocycles. The number of benzene rings is 2. The number of phenolic OH excluding ortho intramolecular Hbond substituents is 1. The van der Waals surface area contributed by atoms with Crippen LogP contribution in [0.5, 0.6) is 5.75 Å². The first kappa shape index (κ1) is 16.1. The Bertz CT molecular complexity index is 807. The Morgan fingerprint density at radius 1 is 1.29 bits per heavy atom. The van der Waals surface area contributed by atoms with E-state index in [1.54, 1.807) is 18.2 Å². The maximum atomic E-state index is 12.0. The van der Waals surface area contributed by atoms with Crippen LogP contribution in [0.25, 0.3) is 0 Å². The van der Waals surface area contributed by atoms with E-state index < -0.39 is 5.25 Å². The summed E-state index contributed by atoms with van der Waals surface area (Å²) in [5, 5.41) is 15.5. The lowest BCUT2D eigenvalue weighted by Crippen LogP contribution is -2.33. The number of carbonyl (C=O) groups is 2. The second-order valence-corrected chi connectivity index (χ2v) is 6.43. The lowest BCUT2D eigenvalue weighted by molar-refractivity contribution is -0.124. The lowest BCUT2D eigenvalue weighted by Gasteiger charge is -2.23. The number of nitrogens with zero attached hydrogens (tertiary/aromatic N) is 1. The number of para-hydroxylation sites is 1. The molecule has 1 heterocycles. The number of hydrogen-bond acceptors (Lipinski definition) is 5. The van der Waals surface area contributed by atoms with Crippen molar-refractivity contribution in [1.82, 2.24) is 5.43 Å². The van der Waals surface area contributed by atoms with Gasteiger partial charge in [0.2, 0.25) is 11.8 Å². The molecular weight excluding hydrogens is 326 g/mol. The molecule has 24 heavy (non-hydrogen) atoms. The summed E-state index contributed by atoms with van der Waals surface area (Å²) in [6, 6.07) is 14.0. The summed E-state index contributed by atoms with van der Waals surface area (Å²) in [5.74, 6) is -0.413. The maximum absolute atomic E-state index is 12.0. The van der Waals surface area contributed by atoms with Crippen LogP contribution in [0.1, 0.15) is 12.0 Å². The molecule has 1 aliphatic heterocycles. The number of aromatic hydroxyl groups is 1. The maximum Gasteiger partial charge on any atom is 0.241 e. The first-order valence-corrected chi connectivity index (χ1v) is 8.17. The van der Waals surface area contributed by atoms with Gasteiger partial charge in [0.05, 0.1) is 17.2 Å². The van der Waals surface area contributed by atoms with Crippen LogP contribution < -0.4 is 10.7 Å². The van der Waals surface area contributed by atoms with Gasteiger partial charge in [-0.2, -0.15) is 5.10 Å². The van der Waals surface area contributed by atoms with E-state index in [4.69, 9.17) is 0 Å². The first-order chi connectivity index (χ1) is 11.6. The fourth-order valence-electron chi connectivity index (χ4n) is 2.22. The van der Waals surface area contributed by atoms with Crippen LogP contribution >= 0.6 is 11.8 Å². The molecule has 0 radical (unpaired) electrons. The molecule has 1 aliphatic rings. The summed E-state index contributed by atoms with van der Waals surface area (Å²) < 4.78 is 0. The number of rotatable bonds is 4. The number of hydrogen-bond donors (Lipinski definition) is 3. The van der Waals surface area contributed by atoms with Gasteiger partial charge in [-0.3, -0.25) is 9.59 Å². The summed E-state index contributed by atoms with van der Waals surface area (Å²) in [7, 11) is 0. The van der Waals surface area contributed by atoms with E-state index in [1.165, 1.54) is 24.0 Å². The molecule has 1 atom stereocenters. The van der Waals surface area contributed by atoms with Gasteiger partial charge >= 0.3 is 0 Å². The number of carbonyl (C=O) groups excluding carboxylic acids is 2. The molecule has 2 amide bonds. The normalized spacial score (nSPS) is 16.5. The minimum absolute atomic E-state index is 0.0300. The summed E-state index contributed by atoms with van der Waals surface area (Å²) in [4.78, 5) is 24.9. The van der Waals surface area contributed by atoms with Crippen LogP contribution in [-0.4, -0.2) is 28.4 Å². The number of anilines is 1. The predicted molar refractivity (Wildman–Crippen MR) is 93.2 cm³/mol. The third kappa shape index (κ3) is 3.94. The Kier molecular flexibility index (Phi) is 4.81. The van der Waals surface area contributed by atoms with Crippen molar-refractivity contribution in [3.63, 3.8) is 0 Å². The van der Waals surface area contributed by atoms with Crippen LogP contribution in [-0.2, 0) is 9.59 Å². The molecule has 0 unspecified atom stereocenters. The Morgan fingerprint density at radius 3 is 2.96 bits per heavy atom. The minimum Gasteiger partial charge on any atom is -0.508 e. The third-order valence-corrected chi connectivity index (χ3v) is 4.63. The molecule has 3 rings (SSSR count). The summed E-state index contributed by atoms with van der Waals surface area (Å²) in [5.41, 5.74) is 3.83. The minimum atomic E-state index is -0.490. The summed E-state index contributed by atoms with van der Waals surface area (Å²) in [6.45, 7) is 0. The van der Waals surface area contributed by atoms with E-state index >= 15 is 0 Å². The van der Waals surface area contributed by atoms with Gasteiger partial charge in [-0.25, -0.2) is 5.43 Å². The molecule has 122 valence electrons. The second kappa shape index (κ2) is 7.18. The number of nitrogens with one attached hydrogen (secondary N) is 2. The molecule has 0 fully saturated rings. The number of hydrazone groups is 1. The molecule has 0 saturated carbocycles. The van der Waals surface area contributed by atoms with Crippen molar-refractivity contribution in [3.05, 3.63) is 54.1 Å². The zero-order chi connectivity index (χ0) is 16.9. The van der Waals surface area contributed by atoms with E-state index in [1.807, 2.05) is 24.3 Å². The van der Waals surface area contributed by atoms with Gasteiger partial charge in [0.25, 0.3) is 0 Å².